The molecule has 6 nitrogen and oxygen atoms in total. The lowest BCUT2D eigenvalue weighted by molar-refractivity contribution is -0.137. The summed E-state index contributed by atoms with van der Waals surface area (Å²) in [5.41, 5.74) is 0.360. The lowest BCUT2D eigenvalue weighted by Crippen LogP contribution is -2.33. The van der Waals surface area contributed by atoms with Crippen molar-refractivity contribution < 1.29 is 32.3 Å². The Labute approximate surface area is 197 Å². The van der Waals surface area contributed by atoms with E-state index < -0.39 is 36.1 Å². The zero-order chi connectivity index (χ0) is 24.7. The van der Waals surface area contributed by atoms with E-state index in [1.807, 2.05) is 30.3 Å². The molecular formula is C24H21F3N2O4S. The van der Waals surface area contributed by atoms with E-state index in [-0.39, 0.29) is 29.2 Å². The van der Waals surface area contributed by atoms with Crippen LogP contribution in [-0.2, 0) is 26.9 Å². The second-order valence-electron chi connectivity index (χ2n) is 7.14. The number of anilines is 1. The maximum atomic E-state index is 12.8. The van der Waals surface area contributed by atoms with Crippen LogP contribution in [0.2, 0.25) is 0 Å². The zero-order valence-corrected chi connectivity index (χ0v) is 18.9. The van der Waals surface area contributed by atoms with Crippen molar-refractivity contribution in [3.05, 3.63) is 77.4 Å². The van der Waals surface area contributed by atoms with Gasteiger partial charge in [-0.3, -0.25) is 9.59 Å². The number of carbonyl (C=O) groups excluding carboxylic acids is 3. The molecule has 0 aliphatic rings. The summed E-state index contributed by atoms with van der Waals surface area (Å²) >= 11 is 1.18. The van der Waals surface area contributed by atoms with Gasteiger partial charge in [0.05, 0.1) is 30.7 Å². The van der Waals surface area contributed by atoms with Gasteiger partial charge in [0.25, 0.3) is 0 Å². The van der Waals surface area contributed by atoms with E-state index in [2.05, 4.69) is 10.6 Å². The molecule has 34 heavy (non-hydrogen) atoms. The molecule has 0 saturated carbocycles. The number of carbonyl (C=O) groups is 3. The van der Waals surface area contributed by atoms with E-state index in [9.17, 15) is 27.6 Å². The molecule has 0 atom stereocenters. The smallest absolute Gasteiger partial charge is 0.416 e. The van der Waals surface area contributed by atoms with Gasteiger partial charge in [0.1, 0.15) is 5.00 Å². The molecular weight excluding hydrogens is 469 g/mol. The highest BCUT2D eigenvalue weighted by Gasteiger charge is 2.30. The summed E-state index contributed by atoms with van der Waals surface area (Å²) in [6.07, 6.45) is -4.83. The Kier molecular flexibility index (Phi) is 8.06. The van der Waals surface area contributed by atoms with E-state index in [4.69, 9.17) is 4.74 Å². The predicted molar refractivity (Wildman–Crippen MR) is 122 cm³/mol. The summed E-state index contributed by atoms with van der Waals surface area (Å²) in [5.74, 6) is -1.80. The molecule has 3 rings (SSSR count). The Morgan fingerprint density at radius 1 is 0.971 bits per heavy atom. The third kappa shape index (κ3) is 6.67. The van der Waals surface area contributed by atoms with Crippen molar-refractivity contribution in [2.24, 2.45) is 0 Å². The van der Waals surface area contributed by atoms with Crippen molar-refractivity contribution in [3.63, 3.8) is 0 Å². The lowest BCUT2D eigenvalue weighted by Gasteiger charge is -2.09. The number of hydrogen-bond acceptors (Lipinski definition) is 5. The fourth-order valence-electron chi connectivity index (χ4n) is 3.04. The third-order valence-corrected chi connectivity index (χ3v) is 5.70. The highest BCUT2D eigenvalue weighted by Crippen LogP contribution is 2.36. The minimum Gasteiger partial charge on any atom is -0.462 e. The Morgan fingerprint density at radius 3 is 2.38 bits per heavy atom. The zero-order valence-electron chi connectivity index (χ0n) is 18.1. The number of amides is 2. The van der Waals surface area contributed by atoms with Crippen LogP contribution in [0.3, 0.4) is 0 Å². The first-order valence-corrected chi connectivity index (χ1v) is 11.1. The number of ether oxygens (including phenoxy) is 1. The fraction of sp³-hybridized carbons (Fsp3) is 0.208. The molecule has 1 aromatic heterocycles. The van der Waals surface area contributed by atoms with Gasteiger partial charge in [0, 0.05) is 4.88 Å². The molecule has 0 aliphatic carbocycles. The third-order valence-electron chi connectivity index (χ3n) is 4.60. The van der Waals surface area contributed by atoms with Crippen LogP contribution >= 0.6 is 11.3 Å². The van der Waals surface area contributed by atoms with Crippen LogP contribution in [0.25, 0.3) is 10.4 Å². The van der Waals surface area contributed by atoms with Gasteiger partial charge >= 0.3 is 12.1 Å². The van der Waals surface area contributed by atoms with Crippen LogP contribution in [0.1, 0.15) is 28.4 Å². The minimum atomic E-state index is -4.51. The minimum absolute atomic E-state index is 0.161. The maximum Gasteiger partial charge on any atom is 0.416 e. The molecule has 2 aromatic carbocycles. The molecule has 0 unspecified atom stereocenters. The van der Waals surface area contributed by atoms with E-state index in [0.29, 0.717) is 0 Å². The van der Waals surface area contributed by atoms with E-state index >= 15 is 0 Å². The normalized spacial score (nSPS) is 11.1. The van der Waals surface area contributed by atoms with Crippen molar-refractivity contribution in [3.8, 4) is 10.4 Å². The molecule has 0 saturated heterocycles. The lowest BCUT2D eigenvalue weighted by atomic mass is 10.1. The molecule has 0 bridgehead atoms. The monoisotopic (exact) mass is 490 g/mol. The van der Waals surface area contributed by atoms with Crippen LogP contribution in [0.5, 0.6) is 0 Å². The summed E-state index contributed by atoms with van der Waals surface area (Å²) < 4.78 is 43.6. The van der Waals surface area contributed by atoms with E-state index in [1.165, 1.54) is 23.5 Å². The molecule has 0 aliphatic heterocycles. The first-order chi connectivity index (χ1) is 16.2. The number of halogens is 3. The van der Waals surface area contributed by atoms with E-state index in [0.717, 1.165) is 22.6 Å². The standard InChI is InChI=1S/C24H21F3N2O4S/c1-2-33-23(32)18-13-19(16-8-4-3-5-9-16)34-22(18)29-21(31)14-28-20(30)12-15-7-6-10-17(11-15)24(25,26)27/h3-11,13H,2,12,14H2,1H3,(H,28,30)(H,29,31). The summed E-state index contributed by atoms with van der Waals surface area (Å²) in [7, 11) is 0. The molecule has 10 heteroatoms. The van der Waals surface area contributed by atoms with Gasteiger partial charge in [-0.1, -0.05) is 48.5 Å². The summed E-state index contributed by atoms with van der Waals surface area (Å²) in [6.45, 7) is 1.41. The fourth-order valence-corrected chi connectivity index (χ4v) is 4.11. The SMILES string of the molecule is CCOC(=O)c1cc(-c2ccccc2)sc1NC(=O)CNC(=O)Cc1cccc(C(F)(F)F)c1. The Hall–Kier alpha value is -3.66. The van der Waals surface area contributed by atoms with Gasteiger partial charge in [-0.2, -0.15) is 13.2 Å². The quantitative estimate of drug-likeness (QED) is 0.440. The maximum absolute atomic E-state index is 12.8. The number of thiophene rings is 1. The van der Waals surface area contributed by atoms with Crippen molar-refractivity contribution in [1.82, 2.24) is 5.32 Å². The molecule has 178 valence electrons. The summed E-state index contributed by atoms with van der Waals surface area (Å²) in [6, 6.07) is 15.3. The van der Waals surface area contributed by atoms with Crippen LogP contribution < -0.4 is 10.6 Å². The molecule has 2 N–H and O–H groups in total. The number of benzene rings is 2. The number of esters is 1. The molecule has 0 radical (unpaired) electrons. The largest absolute Gasteiger partial charge is 0.462 e. The Bertz CT molecular complexity index is 1180. The molecule has 3 aromatic rings. The Balaban J connectivity index is 1.64. The summed E-state index contributed by atoms with van der Waals surface area (Å²) in [5, 5.41) is 5.25. The van der Waals surface area contributed by atoms with Gasteiger partial charge in [0.2, 0.25) is 11.8 Å². The van der Waals surface area contributed by atoms with Gasteiger partial charge in [0.15, 0.2) is 0 Å². The van der Waals surface area contributed by atoms with Crippen LogP contribution in [0, 0.1) is 0 Å². The highest BCUT2D eigenvalue weighted by atomic mass is 32.1. The van der Waals surface area contributed by atoms with Crippen molar-refractivity contribution >= 4 is 34.1 Å². The highest BCUT2D eigenvalue weighted by molar-refractivity contribution is 7.20. The second-order valence-corrected chi connectivity index (χ2v) is 8.19. The molecule has 2 amide bonds. The van der Waals surface area contributed by atoms with E-state index in [1.54, 1.807) is 13.0 Å². The van der Waals surface area contributed by atoms with Crippen molar-refractivity contribution in [2.75, 3.05) is 18.5 Å². The van der Waals surface area contributed by atoms with Crippen LogP contribution in [0.15, 0.2) is 60.7 Å². The van der Waals surface area contributed by atoms with Gasteiger partial charge in [-0.25, -0.2) is 4.79 Å². The predicted octanol–water partition coefficient (Wildman–Crippen LogP) is 4.91. The number of hydrogen-bond donors (Lipinski definition) is 2. The topological polar surface area (TPSA) is 84.5 Å². The number of rotatable bonds is 8. The Morgan fingerprint density at radius 2 is 1.71 bits per heavy atom. The van der Waals surface area contributed by atoms with Crippen LogP contribution in [0.4, 0.5) is 18.2 Å². The average molecular weight is 491 g/mol. The van der Waals surface area contributed by atoms with Gasteiger partial charge in [-0.05, 0) is 30.2 Å². The number of nitrogens with one attached hydrogen (secondary N) is 2. The molecule has 0 fully saturated rings. The number of alkyl halides is 3. The molecule has 1 heterocycles. The van der Waals surface area contributed by atoms with Gasteiger partial charge < -0.3 is 15.4 Å². The molecule has 0 spiro atoms. The van der Waals surface area contributed by atoms with Gasteiger partial charge in [-0.15, -0.1) is 11.3 Å². The van der Waals surface area contributed by atoms with Crippen molar-refractivity contribution in [2.45, 2.75) is 19.5 Å². The summed E-state index contributed by atoms with van der Waals surface area (Å²) in [4.78, 5) is 37.6. The average Bonchev–Trinajstić information content (AvgIpc) is 3.22. The van der Waals surface area contributed by atoms with Crippen molar-refractivity contribution in [1.29, 1.82) is 0 Å². The first kappa shape index (κ1) is 25.0. The van der Waals surface area contributed by atoms with Crippen LogP contribution in [-0.4, -0.2) is 30.9 Å². The first-order valence-electron chi connectivity index (χ1n) is 10.3. The second kappa shape index (κ2) is 11.0.